The van der Waals surface area contributed by atoms with E-state index < -0.39 is 10.8 Å². The minimum absolute atomic E-state index is 0.0424. The maximum atomic E-state index is 11.9. The summed E-state index contributed by atoms with van der Waals surface area (Å²) in [5, 5.41) is 15.9. The standard InChI is InChI=1S/C15H13ClN4O4/c16-11-5-4-10(9-13(11)20(23)24)14(21)18-7-8-19-15(22)12-3-1-2-6-17-12/h1-6,9H,7-8H2,(H,18,21)(H,19,22). The maximum absolute atomic E-state index is 11.9. The van der Waals surface area contributed by atoms with Crippen LogP contribution in [0.4, 0.5) is 5.69 Å². The van der Waals surface area contributed by atoms with Gasteiger partial charge in [0.25, 0.3) is 17.5 Å². The maximum Gasteiger partial charge on any atom is 0.288 e. The predicted molar refractivity (Wildman–Crippen MR) is 87.0 cm³/mol. The quantitative estimate of drug-likeness (QED) is 0.469. The van der Waals surface area contributed by atoms with Crippen LogP contribution in [0.15, 0.2) is 42.6 Å². The molecule has 2 aromatic rings. The van der Waals surface area contributed by atoms with Crippen LogP contribution >= 0.6 is 11.6 Å². The van der Waals surface area contributed by atoms with Gasteiger partial charge in [-0.2, -0.15) is 0 Å². The number of hydrogen-bond donors (Lipinski definition) is 2. The second-order valence-electron chi connectivity index (χ2n) is 4.65. The number of nitrogens with one attached hydrogen (secondary N) is 2. The van der Waals surface area contributed by atoms with Crippen molar-refractivity contribution in [2.75, 3.05) is 13.1 Å². The van der Waals surface area contributed by atoms with Crippen molar-refractivity contribution in [3.63, 3.8) is 0 Å². The molecule has 24 heavy (non-hydrogen) atoms. The topological polar surface area (TPSA) is 114 Å². The van der Waals surface area contributed by atoms with Crippen molar-refractivity contribution in [3.8, 4) is 0 Å². The molecule has 0 aliphatic rings. The minimum Gasteiger partial charge on any atom is -0.350 e. The third-order valence-corrected chi connectivity index (χ3v) is 3.32. The Morgan fingerprint density at radius 2 is 1.83 bits per heavy atom. The zero-order valence-corrected chi connectivity index (χ0v) is 13.1. The highest BCUT2D eigenvalue weighted by Crippen LogP contribution is 2.24. The Balaban J connectivity index is 1.84. The number of nitro benzene ring substituents is 1. The van der Waals surface area contributed by atoms with Gasteiger partial charge in [0.05, 0.1) is 4.92 Å². The van der Waals surface area contributed by atoms with Gasteiger partial charge < -0.3 is 10.6 Å². The van der Waals surface area contributed by atoms with E-state index in [1.165, 1.54) is 18.3 Å². The molecule has 0 fully saturated rings. The molecule has 2 amide bonds. The lowest BCUT2D eigenvalue weighted by molar-refractivity contribution is -0.384. The van der Waals surface area contributed by atoms with E-state index in [0.29, 0.717) is 0 Å². The summed E-state index contributed by atoms with van der Waals surface area (Å²) in [7, 11) is 0. The molecule has 2 N–H and O–H groups in total. The summed E-state index contributed by atoms with van der Waals surface area (Å²) < 4.78 is 0. The molecule has 0 saturated carbocycles. The molecule has 0 bridgehead atoms. The Morgan fingerprint density at radius 1 is 1.12 bits per heavy atom. The molecule has 9 heteroatoms. The van der Waals surface area contributed by atoms with Gasteiger partial charge in [0, 0.05) is 30.9 Å². The molecule has 1 aromatic heterocycles. The van der Waals surface area contributed by atoms with Crippen LogP contribution in [0.2, 0.25) is 5.02 Å². The predicted octanol–water partition coefficient (Wildman–Crippen LogP) is 1.80. The van der Waals surface area contributed by atoms with E-state index in [1.807, 2.05) is 0 Å². The third-order valence-electron chi connectivity index (χ3n) is 3.00. The van der Waals surface area contributed by atoms with Gasteiger partial charge in [-0.1, -0.05) is 17.7 Å². The summed E-state index contributed by atoms with van der Waals surface area (Å²) in [5.41, 5.74) is 0.0482. The van der Waals surface area contributed by atoms with Crippen molar-refractivity contribution >= 4 is 29.1 Å². The van der Waals surface area contributed by atoms with Gasteiger partial charge in [-0.25, -0.2) is 0 Å². The second kappa shape index (κ2) is 8.02. The molecule has 1 heterocycles. The van der Waals surface area contributed by atoms with E-state index in [4.69, 9.17) is 11.6 Å². The molecule has 0 saturated heterocycles. The number of nitrogens with zero attached hydrogens (tertiary/aromatic N) is 2. The summed E-state index contributed by atoms with van der Waals surface area (Å²) in [5.74, 6) is -0.853. The number of benzene rings is 1. The summed E-state index contributed by atoms with van der Waals surface area (Å²) in [6, 6.07) is 8.74. The van der Waals surface area contributed by atoms with E-state index >= 15 is 0 Å². The average molecular weight is 349 g/mol. The fourth-order valence-electron chi connectivity index (χ4n) is 1.84. The lowest BCUT2D eigenvalue weighted by atomic mass is 10.2. The zero-order valence-electron chi connectivity index (χ0n) is 12.4. The van der Waals surface area contributed by atoms with Gasteiger partial charge >= 0.3 is 0 Å². The first kappa shape index (κ1) is 17.4. The number of aromatic nitrogens is 1. The van der Waals surface area contributed by atoms with Gasteiger partial charge in [0.2, 0.25) is 0 Å². The van der Waals surface area contributed by atoms with Crippen molar-refractivity contribution in [2.45, 2.75) is 0 Å². The molecule has 0 unspecified atom stereocenters. The highest BCUT2D eigenvalue weighted by Gasteiger charge is 2.16. The van der Waals surface area contributed by atoms with E-state index in [0.717, 1.165) is 6.07 Å². The normalized spacial score (nSPS) is 10.0. The molecule has 0 spiro atoms. The van der Waals surface area contributed by atoms with E-state index in [1.54, 1.807) is 18.2 Å². The van der Waals surface area contributed by atoms with Gasteiger partial charge in [0.1, 0.15) is 10.7 Å². The van der Waals surface area contributed by atoms with Crippen molar-refractivity contribution in [2.24, 2.45) is 0 Å². The Hall–Kier alpha value is -3.00. The molecule has 0 atom stereocenters. The Morgan fingerprint density at radius 3 is 2.46 bits per heavy atom. The Bertz CT molecular complexity index is 767. The Kier molecular flexibility index (Phi) is 5.80. The van der Waals surface area contributed by atoms with Crippen LogP contribution in [0.5, 0.6) is 0 Å². The van der Waals surface area contributed by atoms with Crippen LogP contribution in [0.3, 0.4) is 0 Å². The number of carbonyl (C=O) groups excluding carboxylic acids is 2. The van der Waals surface area contributed by atoms with Crippen LogP contribution in [0.1, 0.15) is 20.8 Å². The molecule has 8 nitrogen and oxygen atoms in total. The minimum atomic E-state index is -0.661. The van der Waals surface area contributed by atoms with Gasteiger partial charge in [-0.3, -0.25) is 24.7 Å². The first-order valence-corrected chi connectivity index (χ1v) is 7.28. The number of halogens is 1. The molecule has 0 aliphatic heterocycles. The van der Waals surface area contributed by atoms with E-state index in [9.17, 15) is 19.7 Å². The van der Waals surface area contributed by atoms with Crippen LogP contribution in [-0.2, 0) is 0 Å². The van der Waals surface area contributed by atoms with Crippen LogP contribution in [0, 0.1) is 10.1 Å². The van der Waals surface area contributed by atoms with Crippen molar-refractivity contribution in [3.05, 3.63) is 69.0 Å². The smallest absolute Gasteiger partial charge is 0.288 e. The molecule has 0 aliphatic carbocycles. The lowest BCUT2D eigenvalue weighted by Gasteiger charge is -2.07. The van der Waals surface area contributed by atoms with Crippen LogP contribution in [0.25, 0.3) is 0 Å². The highest BCUT2D eigenvalue weighted by molar-refractivity contribution is 6.32. The first-order chi connectivity index (χ1) is 11.5. The molecule has 1 aromatic carbocycles. The number of nitro groups is 1. The SMILES string of the molecule is O=C(NCCNC(=O)c1ccccn1)c1ccc(Cl)c([N+](=O)[O-])c1. The highest BCUT2D eigenvalue weighted by atomic mass is 35.5. The largest absolute Gasteiger partial charge is 0.350 e. The van der Waals surface area contributed by atoms with Gasteiger partial charge in [-0.15, -0.1) is 0 Å². The molecule has 2 rings (SSSR count). The second-order valence-corrected chi connectivity index (χ2v) is 5.06. The summed E-state index contributed by atoms with van der Waals surface area (Å²) >= 11 is 5.69. The number of carbonyl (C=O) groups is 2. The molecule has 124 valence electrons. The molecule has 0 radical (unpaired) electrons. The van der Waals surface area contributed by atoms with Crippen LogP contribution < -0.4 is 10.6 Å². The third kappa shape index (κ3) is 4.50. The number of pyridine rings is 1. The van der Waals surface area contributed by atoms with Crippen LogP contribution in [-0.4, -0.2) is 34.8 Å². The van der Waals surface area contributed by atoms with Crippen molar-refractivity contribution < 1.29 is 14.5 Å². The number of hydrogen-bond acceptors (Lipinski definition) is 5. The molecular weight excluding hydrogens is 336 g/mol. The molecular formula is C15H13ClN4O4. The average Bonchev–Trinajstić information content (AvgIpc) is 2.59. The van der Waals surface area contributed by atoms with Crippen molar-refractivity contribution in [1.29, 1.82) is 0 Å². The van der Waals surface area contributed by atoms with Crippen molar-refractivity contribution in [1.82, 2.24) is 15.6 Å². The fourth-order valence-corrected chi connectivity index (χ4v) is 2.02. The summed E-state index contributed by atoms with van der Waals surface area (Å²) in [6.45, 7) is 0.352. The van der Waals surface area contributed by atoms with E-state index in [2.05, 4.69) is 15.6 Å². The number of rotatable bonds is 6. The van der Waals surface area contributed by atoms with E-state index in [-0.39, 0.29) is 41.0 Å². The summed E-state index contributed by atoms with van der Waals surface area (Å²) in [6.07, 6.45) is 1.50. The summed E-state index contributed by atoms with van der Waals surface area (Å²) in [4.78, 5) is 37.7. The Labute approximate surface area is 142 Å². The zero-order chi connectivity index (χ0) is 17.5. The van der Waals surface area contributed by atoms with Gasteiger partial charge in [-0.05, 0) is 24.3 Å². The number of amides is 2. The first-order valence-electron chi connectivity index (χ1n) is 6.90. The van der Waals surface area contributed by atoms with Gasteiger partial charge in [0.15, 0.2) is 0 Å². The lowest BCUT2D eigenvalue weighted by Crippen LogP contribution is -2.35. The fraction of sp³-hybridized carbons (Fsp3) is 0.133. The monoisotopic (exact) mass is 348 g/mol.